The van der Waals surface area contributed by atoms with Crippen LogP contribution in [0.2, 0.25) is 0 Å². The second-order valence-corrected chi connectivity index (χ2v) is 11.1. The van der Waals surface area contributed by atoms with Crippen LogP contribution in [0.3, 0.4) is 0 Å². The first-order valence-electron chi connectivity index (χ1n) is 12.9. The van der Waals surface area contributed by atoms with Gasteiger partial charge in [-0.25, -0.2) is 13.2 Å². The summed E-state index contributed by atoms with van der Waals surface area (Å²) in [6.45, 7) is 3.14. The van der Waals surface area contributed by atoms with Crippen LogP contribution < -0.4 is 69.2 Å². The smallest absolute Gasteiger partial charge is 0.872 e. The van der Waals surface area contributed by atoms with Crippen molar-refractivity contribution in [3.63, 3.8) is 0 Å². The molecule has 0 saturated carbocycles. The molecule has 222 valence electrons. The van der Waals surface area contributed by atoms with Gasteiger partial charge in [0.05, 0.1) is 38.9 Å². The Labute approximate surface area is 308 Å². The minimum Gasteiger partial charge on any atom is -0.872 e. The number of carboxylic acids is 1. The molecule has 0 fully saturated rings. The molecule has 16 heteroatoms. The monoisotopic (exact) mass is 656 g/mol. The molecule has 5 rings (SSSR count). The van der Waals surface area contributed by atoms with E-state index in [0.29, 0.717) is 17.1 Å². The first-order chi connectivity index (χ1) is 20.9. The summed E-state index contributed by atoms with van der Waals surface area (Å²) in [4.78, 5) is 23.8. The third-order valence-corrected chi connectivity index (χ3v) is 7.44. The summed E-state index contributed by atoms with van der Waals surface area (Å²) in [5.41, 5.74) is 3.64. The Morgan fingerprint density at radius 2 is 1.35 bits per heavy atom. The van der Waals surface area contributed by atoms with E-state index in [4.69, 9.17) is 0 Å². The average Bonchev–Trinajstić information content (AvgIpc) is 3.29. The van der Waals surface area contributed by atoms with Gasteiger partial charge in [-0.15, -0.1) is 0 Å². The predicted molar refractivity (Wildman–Crippen MR) is 157 cm³/mol. The third kappa shape index (κ3) is 8.40. The maximum absolute atomic E-state index is 12.9. The van der Waals surface area contributed by atoms with Gasteiger partial charge in [-0.3, -0.25) is 4.79 Å². The summed E-state index contributed by atoms with van der Waals surface area (Å²) in [6.07, 6.45) is 0. The topological polar surface area (TPSA) is 200 Å². The third-order valence-electron chi connectivity index (χ3n) is 6.59. The van der Waals surface area contributed by atoms with Crippen LogP contribution in [0.4, 0.5) is 22.7 Å². The van der Waals surface area contributed by atoms with E-state index < -0.39 is 38.7 Å². The number of rotatable bonds is 8. The Kier molecular flexibility index (Phi) is 12.3. The number of azo groups is 2. The second kappa shape index (κ2) is 15.3. The zero-order valence-electron chi connectivity index (χ0n) is 25.1. The standard InChI is InChI=1S/C30H24N6O7S.2Na/c1-17-15-23(16-26(28(17)37)30(39)40)33-31-21-7-3-19(4-8-21)20-5-9-22(10-6-20)32-34-27-18(2)35-36(29(27)38)24-11-13-25(14-12-24)44(41,42)43;;/h3-16,27,37H,1-2H3,(H,39,40)(H,41,42,43);;/q;2*+1/p-2. The number of carboxylic acid groups (broad SMARTS) is 1. The number of aromatic carboxylic acids is 1. The fraction of sp³-hybridized carbons (Fsp3) is 0.100. The quantitative estimate of drug-likeness (QED) is 0.152. The molecule has 0 radical (unpaired) electrons. The van der Waals surface area contributed by atoms with Crippen molar-refractivity contribution in [1.29, 1.82) is 0 Å². The first-order valence-corrected chi connectivity index (χ1v) is 14.3. The molecule has 1 heterocycles. The molecule has 0 aromatic heterocycles. The van der Waals surface area contributed by atoms with E-state index in [9.17, 15) is 32.8 Å². The number of hydrogen-bond donors (Lipinski definition) is 1. The van der Waals surface area contributed by atoms with Gasteiger partial charge in [-0.2, -0.15) is 30.6 Å². The molecular formula is C30H22N6Na2O7S. The van der Waals surface area contributed by atoms with E-state index >= 15 is 0 Å². The first kappa shape index (κ1) is 36.9. The Balaban J connectivity index is 0.00000288. The molecule has 1 unspecified atom stereocenters. The van der Waals surface area contributed by atoms with Crippen LogP contribution in [0.15, 0.2) is 115 Å². The number of carbonyl (C=O) groups is 2. The van der Waals surface area contributed by atoms with Crippen LogP contribution in [0.25, 0.3) is 11.1 Å². The number of amides is 1. The van der Waals surface area contributed by atoms with Crippen molar-refractivity contribution in [2.24, 2.45) is 25.6 Å². The molecule has 0 saturated heterocycles. The largest absolute Gasteiger partial charge is 1.00 e. The maximum Gasteiger partial charge on any atom is 1.00 e. The molecule has 0 spiro atoms. The Morgan fingerprint density at radius 3 is 1.87 bits per heavy atom. The molecule has 0 aliphatic carbocycles. The van der Waals surface area contributed by atoms with Crippen LogP contribution in [0, 0.1) is 6.92 Å². The predicted octanol–water partition coefficient (Wildman–Crippen LogP) is -0.364. The van der Waals surface area contributed by atoms with Gasteiger partial charge in [-0.1, -0.05) is 35.6 Å². The van der Waals surface area contributed by atoms with Crippen molar-refractivity contribution >= 4 is 50.5 Å². The molecule has 4 aromatic carbocycles. The van der Waals surface area contributed by atoms with Gasteiger partial charge in [-0.05, 0) is 85.6 Å². The zero-order valence-corrected chi connectivity index (χ0v) is 30.0. The minimum absolute atomic E-state index is 0. The summed E-state index contributed by atoms with van der Waals surface area (Å²) < 4.78 is 33.5. The molecule has 1 aliphatic heterocycles. The van der Waals surface area contributed by atoms with Gasteiger partial charge in [0.25, 0.3) is 5.91 Å². The van der Waals surface area contributed by atoms with E-state index in [2.05, 4.69) is 25.6 Å². The van der Waals surface area contributed by atoms with Crippen molar-refractivity contribution in [3.05, 3.63) is 96.1 Å². The molecule has 0 bridgehead atoms. The van der Waals surface area contributed by atoms with Gasteiger partial charge in [0, 0.05) is 0 Å². The molecular weight excluding hydrogens is 634 g/mol. The normalized spacial score (nSPS) is 14.7. The summed E-state index contributed by atoms with van der Waals surface area (Å²) in [7, 11) is -4.61. The number of carbonyl (C=O) groups excluding carboxylic acids is 1. The van der Waals surface area contributed by atoms with E-state index in [1.54, 1.807) is 31.2 Å². The van der Waals surface area contributed by atoms with Crippen molar-refractivity contribution in [2.45, 2.75) is 24.8 Å². The Hall–Kier alpha value is -3.60. The average molecular weight is 657 g/mol. The van der Waals surface area contributed by atoms with Crippen LogP contribution >= 0.6 is 0 Å². The van der Waals surface area contributed by atoms with E-state index in [-0.39, 0.29) is 81.6 Å². The summed E-state index contributed by atoms with van der Waals surface area (Å²) in [6, 6.07) is 20.9. The fourth-order valence-electron chi connectivity index (χ4n) is 4.28. The van der Waals surface area contributed by atoms with Crippen LogP contribution in [0.1, 0.15) is 22.8 Å². The number of nitrogens with zero attached hydrogens (tertiary/aromatic N) is 6. The number of anilines is 1. The zero-order chi connectivity index (χ0) is 31.6. The van der Waals surface area contributed by atoms with Crippen LogP contribution in [0.5, 0.6) is 5.75 Å². The Bertz CT molecular complexity index is 1970. The molecule has 1 amide bonds. The number of hydrazone groups is 1. The second-order valence-electron chi connectivity index (χ2n) is 9.70. The van der Waals surface area contributed by atoms with Gasteiger partial charge in [0.1, 0.15) is 10.1 Å². The van der Waals surface area contributed by atoms with Gasteiger partial charge >= 0.3 is 65.1 Å². The number of aryl methyl sites for hydroxylation is 1. The minimum atomic E-state index is -4.61. The van der Waals surface area contributed by atoms with E-state index in [0.717, 1.165) is 28.3 Å². The molecule has 4 aromatic rings. The van der Waals surface area contributed by atoms with Gasteiger partial charge in [0.15, 0.2) is 6.04 Å². The summed E-state index contributed by atoms with van der Waals surface area (Å²) in [5, 5.41) is 43.0. The van der Waals surface area contributed by atoms with Crippen molar-refractivity contribution in [2.75, 3.05) is 5.01 Å². The SMILES string of the molecule is CC1=NN(c2ccc(S(=O)(=O)[O-])cc2)C(=O)C1N=Nc1ccc(-c2ccc(N=Nc3cc(C)c([O-])c(C(=O)O)c3)cc2)cc1.[Na+].[Na+]. The van der Waals surface area contributed by atoms with Crippen LogP contribution in [-0.2, 0) is 14.9 Å². The van der Waals surface area contributed by atoms with E-state index in [1.807, 2.05) is 24.3 Å². The van der Waals surface area contributed by atoms with Gasteiger partial charge < -0.3 is 14.8 Å². The molecule has 13 nitrogen and oxygen atoms in total. The van der Waals surface area contributed by atoms with Crippen molar-refractivity contribution in [3.8, 4) is 16.9 Å². The maximum atomic E-state index is 12.9. The molecule has 1 atom stereocenters. The summed E-state index contributed by atoms with van der Waals surface area (Å²) in [5.74, 6) is -2.35. The fourth-order valence-corrected chi connectivity index (χ4v) is 4.75. The van der Waals surface area contributed by atoms with Crippen molar-refractivity contribution < 1.29 is 91.9 Å². The number of hydrogen-bond acceptors (Lipinski definition) is 11. The van der Waals surface area contributed by atoms with Gasteiger partial charge in [0.2, 0.25) is 0 Å². The molecule has 46 heavy (non-hydrogen) atoms. The van der Waals surface area contributed by atoms with Crippen LogP contribution in [-0.4, -0.2) is 41.7 Å². The molecule has 1 N–H and O–H groups in total. The van der Waals surface area contributed by atoms with Crippen molar-refractivity contribution in [1.82, 2.24) is 0 Å². The van der Waals surface area contributed by atoms with E-state index in [1.165, 1.54) is 31.2 Å². The number of benzene rings is 4. The molecule has 1 aliphatic rings. The summed E-state index contributed by atoms with van der Waals surface area (Å²) >= 11 is 0. The Morgan fingerprint density at radius 1 is 0.826 bits per heavy atom.